The van der Waals surface area contributed by atoms with Crippen LogP contribution in [0.2, 0.25) is 0 Å². The second kappa shape index (κ2) is 11.3. The van der Waals surface area contributed by atoms with Gasteiger partial charge in [0, 0.05) is 45.3 Å². The number of urea groups is 1. The Morgan fingerprint density at radius 2 is 2.10 bits per heavy atom. The minimum atomic E-state index is -3.21. The Hall–Kier alpha value is -1.68. The van der Waals surface area contributed by atoms with Gasteiger partial charge in [-0.2, -0.15) is 0 Å². The van der Waals surface area contributed by atoms with Crippen LogP contribution in [0.25, 0.3) is 0 Å². The Morgan fingerprint density at radius 1 is 1.26 bits per heavy atom. The first-order chi connectivity index (χ1) is 14.8. The van der Waals surface area contributed by atoms with Gasteiger partial charge in [-0.3, -0.25) is 4.90 Å². The summed E-state index contributed by atoms with van der Waals surface area (Å²) in [6, 6.07) is 8.53. The molecule has 31 heavy (non-hydrogen) atoms. The Bertz CT molecular complexity index is 833. The molecular formula is C22H36N4O4S. The summed E-state index contributed by atoms with van der Waals surface area (Å²) >= 11 is 0. The smallest absolute Gasteiger partial charge is 0.317 e. The van der Waals surface area contributed by atoms with E-state index in [2.05, 4.69) is 46.1 Å². The normalized spacial score (nSPS) is 23.0. The average molecular weight is 453 g/mol. The van der Waals surface area contributed by atoms with Crippen molar-refractivity contribution in [3.63, 3.8) is 0 Å². The lowest BCUT2D eigenvalue weighted by molar-refractivity contribution is -0.0293. The van der Waals surface area contributed by atoms with Crippen LogP contribution in [0.15, 0.2) is 24.3 Å². The Morgan fingerprint density at radius 3 is 2.87 bits per heavy atom. The topological polar surface area (TPSA) is 91.0 Å². The fourth-order valence-electron chi connectivity index (χ4n) is 4.40. The number of carbonyl (C=O) groups is 1. The second-order valence-electron chi connectivity index (χ2n) is 8.70. The lowest BCUT2D eigenvalue weighted by atomic mass is 10.00. The molecular weight excluding hydrogens is 416 g/mol. The largest absolute Gasteiger partial charge is 0.374 e. The average Bonchev–Trinajstić information content (AvgIpc) is 2.72. The summed E-state index contributed by atoms with van der Waals surface area (Å²) in [6.45, 7) is 6.87. The van der Waals surface area contributed by atoms with Crippen LogP contribution in [-0.4, -0.2) is 82.0 Å². The van der Waals surface area contributed by atoms with Crippen molar-refractivity contribution in [1.82, 2.24) is 19.8 Å². The van der Waals surface area contributed by atoms with E-state index in [1.165, 1.54) is 11.1 Å². The van der Waals surface area contributed by atoms with Crippen molar-refractivity contribution >= 4 is 16.1 Å². The highest BCUT2D eigenvalue weighted by molar-refractivity contribution is 7.88. The molecule has 2 fully saturated rings. The minimum Gasteiger partial charge on any atom is -0.374 e. The van der Waals surface area contributed by atoms with Crippen molar-refractivity contribution < 1.29 is 17.9 Å². The van der Waals surface area contributed by atoms with Gasteiger partial charge in [-0.15, -0.1) is 0 Å². The molecule has 174 valence electrons. The molecule has 2 aliphatic rings. The molecule has 0 saturated carbocycles. The zero-order valence-corrected chi connectivity index (χ0v) is 19.5. The fraction of sp³-hybridized carbons (Fsp3) is 0.682. The monoisotopic (exact) mass is 452 g/mol. The number of aryl methyl sites for hydroxylation is 1. The second-order valence-corrected chi connectivity index (χ2v) is 10.5. The number of amides is 2. The maximum atomic E-state index is 12.8. The van der Waals surface area contributed by atoms with Gasteiger partial charge in [-0.05, 0) is 38.2 Å². The Balaban J connectivity index is 1.45. The lowest BCUT2D eigenvalue weighted by Gasteiger charge is -2.37. The van der Waals surface area contributed by atoms with Crippen LogP contribution in [0.5, 0.6) is 0 Å². The van der Waals surface area contributed by atoms with Crippen LogP contribution in [0.3, 0.4) is 0 Å². The number of nitrogens with one attached hydrogen (secondary N) is 2. The summed E-state index contributed by atoms with van der Waals surface area (Å²) in [5.74, 6) is 0. The summed E-state index contributed by atoms with van der Waals surface area (Å²) in [7, 11) is -3.21. The first-order valence-corrected chi connectivity index (χ1v) is 13.1. The quantitative estimate of drug-likeness (QED) is 0.627. The molecule has 9 heteroatoms. The molecule has 0 radical (unpaired) electrons. The number of benzene rings is 1. The van der Waals surface area contributed by atoms with Crippen molar-refractivity contribution in [2.45, 2.75) is 51.3 Å². The van der Waals surface area contributed by atoms with Crippen molar-refractivity contribution in [1.29, 1.82) is 0 Å². The van der Waals surface area contributed by atoms with Crippen LogP contribution < -0.4 is 10.0 Å². The molecule has 8 nitrogen and oxygen atoms in total. The van der Waals surface area contributed by atoms with E-state index in [1.807, 2.05) is 4.90 Å². The molecule has 2 atom stereocenters. The molecule has 2 heterocycles. The van der Waals surface area contributed by atoms with Gasteiger partial charge >= 0.3 is 6.03 Å². The van der Waals surface area contributed by atoms with Crippen molar-refractivity contribution in [3.8, 4) is 0 Å². The van der Waals surface area contributed by atoms with Gasteiger partial charge in [-0.25, -0.2) is 17.9 Å². The molecule has 0 bridgehead atoms. The lowest BCUT2D eigenvalue weighted by Crippen LogP contribution is -2.53. The summed E-state index contributed by atoms with van der Waals surface area (Å²) in [5, 5.41) is 3.05. The first-order valence-electron chi connectivity index (χ1n) is 11.2. The highest BCUT2D eigenvalue weighted by Gasteiger charge is 2.28. The van der Waals surface area contributed by atoms with E-state index < -0.39 is 10.0 Å². The molecule has 3 rings (SSSR count). The third-order valence-electron chi connectivity index (χ3n) is 5.92. The molecule has 0 aliphatic carbocycles. The number of morpholine rings is 1. The predicted octanol–water partition coefficient (Wildman–Crippen LogP) is 1.70. The van der Waals surface area contributed by atoms with Crippen LogP contribution in [0.1, 0.15) is 36.8 Å². The third kappa shape index (κ3) is 8.07. The van der Waals surface area contributed by atoms with Gasteiger partial charge in [0.2, 0.25) is 10.0 Å². The molecule has 2 amide bonds. The number of hydrogen-bond acceptors (Lipinski definition) is 5. The van der Waals surface area contributed by atoms with E-state index in [4.69, 9.17) is 4.74 Å². The number of hydrogen-bond donors (Lipinski definition) is 2. The SMILES string of the molecule is Cc1cccc(CN2CCOC(CNC(=O)N3CCCCC3CCNS(C)(=O)=O)C2)c1. The van der Waals surface area contributed by atoms with Gasteiger partial charge in [0.05, 0.1) is 19.0 Å². The van der Waals surface area contributed by atoms with E-state index >= 15 is 0 Å². The zero-order valence-electron chi connectivity index (χ0n) is 18.7. The van der Waals surface area contributed by atoms with Crippen molar-refractivity contribution in [2.75, 3.05) is 45.6 Å². The molecule has 1 aromatic rings. The molecule has 2 N–H and O–H groups in total. The molecule has 2 aliphatic heterocycles. The van der Waals surface area contributed by atoms with E-state index in [1.54, 1.807) is 0 Å². The minimum absolute atomic E-state index is 0.0300. The summed E-state index contributed by atoms with van der Waals surface area (Å²) in [6.07, 6.45) is 4.71. The fourth-order valence-corrected chi connectivity index (χ4v) is 4.89. The van der Waals surface area contributed by atoms with Gasteiger partial charge in [0.15, 0.2) is 0 Å². The van der Waals surface area contributed by atoms with E-state index in [-0.39, 0.29) is 18.2 Å². The zero-order chi connectivity index (χ0) is 22.3. The summed E-state index contributed by atoms with van der Waals surface area (Å²) < 4.78 is 31.0. The summed E-state index contributed by atoms with van der Waals surface area (Å²) in [4.78, 5) is 17.1. The van der Waals surface area contributed by atoms with Crippen molar-refractivity contribution in [3.05, 3.63) is 35.4 Å². The van der Waals surface area contributed by atoms with Gasteiger partial charge in [0.25, 0.3) is 0 Å². The molecule has 0 aromatic heterocycles. The van der Waals surface area contributed by atoms with E-state index in [0.29, 0.717) is 32.7 Å². The maximum Gasteiger partial charge on any atom is 0.317 e. The highest BCUT2D eigenvalue weighted by Crippen LogP contribution is 2.20. The van der Waals surface area contributed by atoms with Gasteiger partial charge in [-0.1, -0.05) is 29.8 Å². The van der Waals surface area contributed by atoms with Gasteiger partial charge in [0.1, 0.15) is 0 Å². The van der Waals surface area contributed by atoms with Gasteiger partial charge < -0.3 is 15.0 Å². The molecule has 1 aromatic carbocycles. The van der Waals surface area contributed by atoms with Crippen LogP contribution in [0, 0.1) is 6.92 Å². The number of nitrogens with zero attached hydrogens (tertiary/aromatic N) is 2. The first kappa shape index (κ1) is 24.0. The third-order valence-corrected chi connectivity index (χ3v) is 6.65. The number of likely N-dealkylation sites (tertiary alicyclic amines) is 1. The summed E-state index contributed by atoms with van der Waals surface area (Å²) in [5.41, 5.74) is 2.56. The maximum absolute atomic E-state index is 12.8. The molecule has 2 unspecified atom stereocenters. The van der Waals surface area contributed by atoms with Crippen LogP contribution >= 0.6 is 0 Å². The predicted molar refractivity (Wildman–Crippen MR) is 121 cm³/mol. The number of ether oxygens (including phenoxy) is 1. The van der Waals surface area contributed by atoms with Crippen LogP contribution in [0.4, 0.5) is 4.79 Å². The number of rotatable bonds is 8. The van der Waals surface area contributed by atoms with E-state index in [0.717, 1.165) is 45.2 Å². The van der Waals surface area contributed by atoms with E-state index in [9.17, 15) is 13.2 Å². The Kier molecular flexibility index (Phi) is 8.71. The Labute approximate surface area is 186 Å². The van der Waals surface area contributed by atoms with Crippen molar-refractivity contribution in [2.24, 2.45) is 0 Å². The number of carbonyl (C=O) groups excluding carboxylic acids is 1. The number of sulfonamides is 1. The van der Waals surface area contributed by atoms with Crippen LogP contribution in [-0.2, 0) is 21.3 Å². The standard InChI is InChI=1S/C22H36N4O4S/c1-18-6-5-7-19(14-18)16-25-12-13-30-21(17-25)15-23-22(27)26-11-4-3-8-20(26)9-10-24-31(2,28)29/h5-7,14,20-21,24H,3-4,8-13,15-17H2,1-2H3,(H,23,27). The molecule has 2 saturated heterocycles. The number of piperidine rings is 1. The highest BCUT2D eigenvalue weighted by atomic mass is 32.2. The molecule has 0 spiro atoms.